The van der Waals surface area contributed by atoms with Gasteiger partial charge in [0.05, 0.1) is 0 Å². The van der Waals surface area contributed by atoms with Gasteiger partial charge >= 0.3 is 0 Å². The van der Waals surface area contributed by atoms with E-state index >= 15 is 0 Å². The van der Waals surface area contributed by atoms with Gasteiger partial charge in [-0.1, -0.05) is 24.1 Å². The lowest BCUT2D eigenvalue weighted by atomic mass is 10.0. The van der Waals surface area contributed by atoms with E-state index in [4.69, 9.17) is 11.6 Å². The Morgan fingerprint density at radius 2 is 2.22 bits per heavy atom. The van der Waals surface area contributed by atoms with Gasteiger partial charge in [0.25, 0.3) is 0 Å². The second-order valence-electron chi connectivity index (χ2n) is 5.29. The predicted molar refractivity (Wildman–Crippen MR) is 79.7 cm³/mol. The predicted octanol–water partition coefficient (Wildman–Crippen LogP) is 3.62. The number of rotatable bonds is 4. The van der Waals surface area contributed by atoms with E-state index in [0.29, 0.717) is 6.04 Å². The lowest BCUT2D eigenvalue weighted by Gasteiger charge is -2.27. The topological polar surface area (TPSA) is 15.3 Å². The molecule has 1 unspecified atom stereocenters. The molecule has 2 nitrogen and oxygen atoms in total. The molecule has 1 atom stereocenters. The van der Waals surface area contributed by atoms with Gasteiger partial charge in [0.1, 0.15) is 0 Å². The minimum atomic E-state index is 0.695. The summed E-state index contributed by atoms with van der Waals surface area (Å²) in [6.45, 7) is 4.41. The standard InChI is InChI=1S/C15H23ClN2/c1-12-6-7-13(16)11-15(12)18(2)10-8-14-5-3-4-9-17-14/h6-7,11,14,17H,3-5,8-10H2,1-2H3. The molecule has 0 aromatic heterocycles. The van der Waals surface area contributed by atoms with Crippen LogP contribution in [0.2, 0.25) is 5.02 Å². The van der Waals surface area contributed by atoms with Crippen molar-refractivity contribution in [1.29, 1.82) is 0 Å². The molecule has 1 aromatic carbocycles. The smallest absolute Gasteiger partial charge is 0.0426 e. The molecule has 3 heteroatoms. The van der Waals surface area contributed by atoms with E-state index in [1.54, 1.807) is 0 Å². The molecular formula is C15H23ClN2. The minimum Gasteiger partial charge on any atom is -0.374 e. The molecular weight excluding hydrogens is 244 g/mol. The van der Waals surface area contributed by atoms with Crippen molar-refractivity contribution >= 4 is 17.3 Å². The van der Waals surface area contributed by atoms with Crippen LogP contribution in [0.15, 0.2) is 18.2 Å². The van der Waals surface area contributed by atoms with Gasteiger partial charge < -0.3 is 10.2 Å². The fourth-order valence-electron chi connectivity index (χ4n) is 2.63. The van der Waals surface area contributed by atoms with E-state index in [2.05, 4.69) is 36.3 Å². The van der Waals surface area contributed by atoms with Crippen molar-refractivity contribution in [2.75, 3.05) is 25.0 Å². The third-order valence-electron chi connectivity index (χ3n) is 3.81. The van der Waals surface area contributed by atoms with E-state index in [0.717, 1.165) is 11.6 Å². The molecule has 1 aliphatic rings. The molecule has 0 bridgehead atoms. The zero-order chi connectivity index (χ0) is 13.0. The molecule has 0 spiro atoms. The SMILES string of the molecule is Cc1ccc(Cl)cc1N(C)CCC1CCCCN1. The van der Waals surface area contributed by atoms with Gasteiger partial charge in [-0.3, -0.25) is 0 Å². The largest absolute Gasteiger partial charge is 0.374 e. The average Bonchev–Trinajstić information content (AvgIpc) is 2.40. The van der Waals surface area contributed by atoms with Gasteiger partial charge in [-0.2, -0.15) is 0 Å². The van der Waals surface area contributed by atoms with Gasteiger partial charge in [0, 0.05) is 30.3 Å². The van der Waals surface area contributed by atoms with E-state index in [-0.39, 0.29) is 0 Å². The Kier molecular flexibility index (Phi) is 4.90. The molecule has 1 fully saturated rings. The lowest BCUT2D eigenvalue weighted by molar-refractivity contribution is 0.384. The first-order valence-corrected chi connectivity index (χ1v) is 7.25. The second kappa shape index (κ2) is 6.44. The van der Waals surface area contributed by atoms with Crippen LogP contribution in [0.1, 0.15) is 31.2 Å². The number of piperidine rings is 1. The third-order valence-corrected chi connectivity index (χ3v) is 4.04. The monoisotopic (exact) mass is 266 g/mol. The van der Waals surface area contributed by atoms with E-state index < -0.39 is 0 Å². The maximum absolute atomic E-state index is 6.07. The van der Waals surface area contributed by atoms with Crippen molar-refractivity contribution in [3.8, 4) is 0 Å². The van der Waals surface area contributed by atoms with E-state index in [1.165, 1.54) is 43.5 Å². The fourth-order valence-corrected chi connectivity index (χ4v) is 2.80. The van der Waals surface area contributed by atoms with Crippen LogP contribution in [0, 0.1) is 6.92 Å². The van der Waals surface area contributed by atoms with Crippen molar-refractivity contribution in [1.82, 2.24) is 5.32 Å². The van der Waals surface area contributed by atoms with Crippen molar-refractivity contribution in [3.63, 3.8) is 0 Å². The highest BCUT2D eigenvalue weighted by molar-refractivity contribution is 6.30. The summed E-state index contributed by atoms with van der Waals surface area (Å²) in [6.07, 6.45) is 5.24. The number of nitrogens with one attached hydrogen (secondary N) is 1. The summed E-state index contributed by atoms with van der Waals surface area (Å²) in [6, 6.07) is 6.80. The Labute approximate surface area is 115 Å². The highest BCUT2D eigenvalue weighted by Gasteiger charge is 2.13. The zero-order valence-corrected chi connectivity index (χ0v) is 12.1. The summed E-state index contributed by atoms with van der Waals surface area (Å²) in [5.41, 5.74) is 2.54. The molecule has 2 rings (SSSR count). The van der Waals surface area contributed by atoms with Crippen molar-refractivity contribution in [3.05, 3.63) is 28.8 Å². The lowest BCUT2D eigenvalue weighted by Crippen LogP contribution is -2.36. The van der Waals surface area contributed by atoms with Gasteiger partial charge in [0.2, 0.25) is 0 Å². The average molecular weight is 267 g/mol. The Morgan fingerprint density at radius 3 is 2.94 bits per heavy atom. The summed E-state index contributed by atoms with van der Waals surface area (Å²) >= 11 is 6.07. The number of hydrogen-bond donors (Lipinski definition) is 1. The highest BCUT2D eigenvalue weighted by Crippen LogP contribution is 2.24. The number of anilines is 1. The first-order valence-electron chi connectivity index (χ1n) is 6.87. The van der Waals surface area contributed by atoms with Crippen LogP contribution in [0.4, 0.5) is 5.69 Å². The summed E-state index contributed by atoms with van der Waals surface area (Å²) in [4.78, 5) is 2.32. The molecule has 18 heavy (non-hydrogen) atoms. The van der Waals surface area contributed by atoms with Gasteiger partial charge in [-0.15, -0.1) is 0 Å². The molecule has 1 aliphatic heterocycles. The first kappa shape index (κ1) is 13.7. The molecule has 1 heterocycles. The van der Waals surface area contributed by atoms with Crippen LogP contribution in [-0.4, -0.2) is 26.2 Å². The maximum Gasteiger partial charge on any atom is 0.0426 e. The molecule has 1 saturated heterocycles. The quantitative estimate of drug-likeness (QED) is 0.896. The summed E-state index contributed by atoms with van der Waals surface area (Å²) in [5, 5.41) is 4.42. The third kappa shape index (κ3) is 3.63. The summed E-state index contributed by atoms with van der Waals surface area (Å²) < 4.78 is 0. The Balaban J connectivity index is 1.90. The first-order chi connectivity index (χ1) is 8.66. The number of nitrogens with zero attached hydrogens (tertiary/aromatic N) is 1. The number of aryl methyl sites for hydroxylation is 1. The Hall–Kier alpha value is -0.730. The highest BCUT2D eigenvalue weighted by atomic mass is 35.5. The maximum atomic E-state index is 6.07. The number of halogens is 1. The van der Waals surface area contributed by atoms with Crippen molar-refractivity contribution in [2.24, 2.45) is 0 Å². The fraction of sp³-hybridized carbons (Fsp3) is 0.600. The van der Waals surface area contributed by atoms with Crippen LogP contribution >= 0.6 is 11.6 Å². The van der Waals surface area contributed by atoms with Crippen LogP contribution < -0.4 is 10.2 Å². The zero-order valence-electron chi connectivity index (χ0n) is 11.4. The summed E-state index contributed by atoms with van der Waals surface area (Å²) in [7, 11) is 2.15. The van der Waals surface area contributed by atoms with Gasteiger partial charge in [0.15, 0.2) is 0 Å². The van der Waals surface area contributed by atoms with Gasteiger partial charge in [-0.25, -0.2) is 0 Å². The van der Waals surface area contributed by atoms with Crippen molar-refractivity contribution < 1.29 is 0 Å². The van der Waals surface area contributed by atoms with Gasteiger partial charge in [-0.05, 0) is 50.4 Å². The van der Waals surface area contributed by atoms with E-state index in [1.807, 2.05) is 6.07 Å². The molecule has 1 aromatic rings. The van der Waals surface area contributed by atoms with Crippen LogP contribution in [0.5, 0.6) is 0 Å². The van der Waals surface area contributed by atoms with Crippen LogP contribution in [0.25, 0.3) is 0 Å². The number of hydrogen-bond acceptors (Lipinski definition) is 2. The molecule has 0 saturated carbocycles. The number of benzene rings is 1. The minimum absolute atomic E-state index is 0.695. The Morgan fingerprint density at radius 1 is 1.39 bits per heavy atom. The molecule has 100 valence electrons. The molecule has 0 radical (unpaired) electrons. The van der Waals surface area contributed by atoms with Crippen molar-refractivity contribution in [2.45, 2.75) is 38.6 Å². The summed E-state index contributed by atoms with van der Waals surface area (Å²) in [5.74, 6) is 0. The Bertz CT molecular complexity index is 386. The normalized spacial score (nSPS) is 19.8. The molecule has 0 amide bonds. The molecule has 1 N–H and O–H groups in total. The molecule has 0 aliphatic carbocycles. The van der Waals surface area contributed by atoms with Crippen LogP contribution in [-0.2, 0) is 0 Å². The van der Waals surface area contributed by atoms with Crippen LogP contribution in [0.3, 0.4) is 0 Å². The van der Waals surface area contributed by atoms with E-state index in [9.17, 15) is 0 Å². The second-order valence-corrected chi connectivity index (χ2v) is 5.72.